The van der Waals surface area contributed by atoms with E-state index in [-0.39, 0.29) is 0 Å². The number of hydrogen-bond acceptors (Lipinski definition) is 2. The van der Waals surface area contributed by atoms with Gasteiger partial charge in [-0.2, -0.15) is 0 Å². The van der Waals surface area contributed by atoms with Gasteiger partial charge in [0.2, 0.25) is 0 Å². The van der Waals surface area contributed by atoms with Gasteiger partial charge in [0.25, 0.3) is 0 Å². The lowest BCUT2D eigenvalue weighted by Crippen LogP contribution is -2.58. The van der Waals surface area contributed by atoms with Gasteiger partial charge in [-0.15, -0.1) is 0 Å². The predicted octanol–water partition coefficient (Wildman–Crippen LogP) is 1.16. The molecule has 2 rings (SSSR count). The van der Waals surface area contributed by atoms with Crippen LogP contribution in [0.3, 0.4) is 0 Å². The summed E-state index contributed by atoms with van der Waals surface area (Å²) in [6, 6.07) is 0.795. The predicted molar refractivity (Wildman–Crippen MR) is 73.1 cm³/mol. The smallest absolute Gasteiger partial charge is 0.0914 e. The lowest BCUT2D eigenvalue weighted by atomic mass is 9.85. The minimum Gasteiger partial charge on any atom is -0.324 e. The number of quaternary nitrogens is 1. The molecule has 0 spiro atoms. The molecule has 1 saturated carbocycles. The third-order valence-corrected chi connectivity index (χ3v) is 5.00. The van der Waals surface area contributed by atoms with Crippen LogP contribution in [0.4, 0.5) is 0 Å². The van der Waals surface area contributed by atoms with E-state index in [9.17, 15) is 0 Å². The van der Waals surface area contributed by atoms with Crippen molar-refractivity contribution in [3.8, 4) is 0 Å². The molecular formula is C14H30N3+. The zero-order chi connectivity index (χ0) is 12.3. The first-order valence-electron chi connectivity index (χ1n) is 7.31. The summed E-state index contributed by atoms with van der Waals surface area (Å²) >= 11 is 0. The van der Waals surface area contributed by atoms with Crippen LogP contribution >= 0.6 is 0 Å². The van der Waals surface area contributed by atoms with Gasteiger partial charge in [0.1, 0.15) is 0 Å². The Morgan fingerprint density at radius 1 is 1.12 bits per heavy atom. The van der Waals surface area contributed by atoms with Crippen molar-refractivity contribution in [2.45, 2.75) is 31.7 Å². The Morgan fingerprint density at radius 3 is 2.24 bits per heavy atom. The summed E-state index contributed by atoms with van der Waals surface area (Å²) in [6.07, 6.45) is 5.66. The normalized spacial score (nSPS) is 34.8. The molecule has 17 heavy (non-hydrogen) atoms. The summed E-state index contributed by atoms with van der Waals surface area (Å²) < 4.78 is 1.32. The van der Waals surface area contributed by atoms with Crippen LogP contribution in [0.5, 0.6) is 0 Å². The molecule has 3 heteroatoms. The van der Waals surface area contributed by atoms with Crippen molar-refractivity contribution in [2.75, 3.05) is 53.9 Å². The van der Waals surface area contributed by atoms with Crippen molar-refractivity contribution in [3.63, 3.8) is 0 Å². The fourth-order valence-electron chi connectivity index (χ4n) is 3.49. The van der Waals surface area contributed by atoms with Crippen LogP contribution in [-0.2, 0) is 0 Å². The zero-order valence-corrected chi connectivity index (χ0v) is 11.9. The number of rotatable bonds is 3. The Kier molecular flexibility index (Phi) is 4.45. The zero-order valence-electron chi connectivity index (χ0n) is 11.9. The first-order chi connectivity index (χ1) is 8.11. The first kappa shape index (κ1) is 13.3. The van der Waals surface area contributed by atoms with Gasteiger partial charge in [-0.3, -0.25) is 4.90 Å². The monoisotopic (exact) mass is 240 g/mol. The molecule has 1 aliphatic carbocycles. The highest BCUT2D eigenvalue weighted by atomic mass is 15.4. The minimum absolute atomic E-state index is 0.795. The average Bonchev–Trinajstić information content (AvgIpc) is 2.34. The quantitative estimate of drug-likeness (QED) is 0.745. The van der Waals surface area contributed by atoms with Crippen LogP contribution in [0.2, 0.25) is 0 Å². The van der Waals surface area contributed by atoms with Gasteiger partial charge < -0.3 is 9.80 Å². The molecule has 2 aliphatic rings. The fourth-order valence-corrected chi connectivity index (χ4v) is 3.49. The van der Waals surface area contributed by atoms with Crippen LogP contribution in [0.1, 0.15) is 25.7 Å². The Bertz CT molecular complexity index is 226. The number of hydrogen-bond donors (Lipinski definition) is 1. The SMILES string of the molecule is CNC1CCC(C[N+]2(C)CCN(C)CC2)CC1. The minimum atomic E-state index is 0.795. The summed E-state index contributed by atoms with van der Waals surface area (Å²) in [5, 5.41) is 3.43. The van der Waals surface area contributed by atoms with Crippen LogP contribution in [0.15, 0.2) is 0 Å². The molecule has 3 nitrogen and oxygen atoms in total. The molecule has 100 valence electrons. The van der Waals surface area contributed by atoms with Crippen molar-refractivity contribution in [2.24, 2.45) is 5.92 Å². The Hall–Kier alpha value is -0.120. The standard InChI is InChI=1S/C14H30N3/c1-15-14-6-4-13(5-7-14)12-17(3)10-8-16(2)9-11-17/h13-15H,4-12H2,1-3H3/q+1. The average molecular weight is 240 g/mol. The van der Waals surface area contributed by atoms with Gasteiger partial charge in [0.15, 0.2) is 0 Å². The highest BCUT2D eigenvalue weighted by molar-refractivity contribution is 4.76. The fraction of sp³-hybridized carbons (Fsp3) is 1.00. The van der Waals surface area contributed by atoms with E-state index in [1.54, 1.807) is 0 Å². The third kappa shape index (κ3) is 3.67. The van der Waals surface area contributed by atoms with Crippen LogP contribution in [0.25, 0.3) is 0 Å². The summed E-state index contributed by atoms with van der Waals surface area (Å²) in [7, 11) is 6.83. The first-order valence-corrected chi connectivity index (χ1v) is 7.31. The Morgan fingerprint density at radius 2 is 1.71 bits per heavy atom. The maximum absolute atomic E-state index is 3.43. The molecular weight excluding hydrogens is 210 g/mol. The second-order valence-electron chi connectivity index (χ2n) is 6.56. The van der Waals surface area contributed by atoms with Crippen molar-refractivity contribution >= 4 is 0 Å². The van der Waals surface area contributed by atoms with Gasteiger partial charge >= 0.3 is 0 Å². The van der Waals surface area contributed by atoms with E-state index < -0.39 is 0 Å². The molecule has 0 unspecified atom stereocenters. The molecule has 1 aliphatic heterocycles. The molecule has 1 heterocycles. The number of nitrogens with zero attached hydrogens (tertiary/aromatic N) is 2. The Labute approximate surface area is 107 Å². The molecule has 0 aromatic carbocycles. The number of piperazine rings is 1. The summed E-state index contributed by atoms with van der Waals surface area (Å²) in [5.41, 5.74) is 0. The third-order valence-electron chi connectivity index (χ3n) is 5.00. The van der Waals surface area contributed by atoms with E-state index in [1.807, 2.05) is 0 Å². The molecule has 0 aromatic rings. The largest absolute Gasteiger partial charge is 0.324 e. The molecule has 0 atom stereocenters. The van der Waals surface area contributed by atoms with E-state index in [0.717, 1.165) is 12.0 Å². The van der Waals surface area contributed by atoms with Gasteiger partial charge in [-0.05, 0) is 39.8 Å². The molecule has 2 fully saturated rings. The molecule has 1 saturated heterocycles. The van der Waals surface area contributed by atoms with Crippen LogP contribution < -0.4 is 5.32 Å². The van der Waals surface area contributed by atoms with Crippen molar-refractivity contribution in [1.29, 1.82) is 0 Å². The van der Waals surface area contributed by atoms with Crippen molar-refractivity contribution in [1.82, 2.24) is 10.2 Å². The molecule has 0 radical (unpaired) electrons. The van der Waals surface area contributed by atoms with E-state index in [1.165, 1.54) is 62.9 Å². The summed E-state index contributed by atoms with van der Waals surface area (Å²) in [5.74, 6) is 0.980. The highest BCUT2D eigenvalue weighted by Gasteiger charge is 2.32. The van der Waals surface area contributed by atoms with E-state index in [0.29, 0.717) is 0 Å². The second-order valence-corrected chi connectivity index (χ2v) is 6.56. The molecule has 1 N–H and O–H groups in total. The number of likely N-dealkylation sites (N-methyl/N-ethyl adjacent to an activating group) is 2. The molecule has 0 amide bonds. The maximum Gasteiger partial charge on any atom is 0.0914 e. The lowest BCUT2D eigenvalue weighted by Gasteiger charge is -2.44. The van der Waals surface area contributed by atoms with Gasteiger partial charge in [0, 0.05) is 25.0 Å². The highest BCUT2D eigenvalue weighted by Crippen LogP contribution is 2.27. The molecule has 0 bridgehead atoms. The van der Waals surface area contributed by atoms with Crippen molar-refractivity contribution in [3.05, 3.63) is 0 Å². The topological polar surface area (TPSA) is 15.3 Å². The van der Waals surface area contributed by atoms with Crippen molar-refractivity contribution < 1.29 is 4.48 Å². The Balaban J connectivity index is 1.77. The summed E-state index contributed by atoms with van der Waals surface area (Å²) in [4.78, 5) is 2.47. The second kappa shape index (κ2) is 5.68. The van der Waals surface area contributed by atoms with E-state index in [4.69, 9.17) is 0 Å². The van der Waals surface area contributed by atoms with Gasteiger partial charge in [-0.25, -0.2) is 0 Å². The van der Waals surface area contributed by atoms with Crippen LogP contribution in [-0.4, -0.2) is 69.3 Å². The maximum atomic E-state index is 3.43. The molecule has 0 aromatic heterocycles. The van der Waals surface area contributed by atoms with E-state index >= 15 is 0 Å². The number of nitrogens with one attached hydrogen (secondary N) is 1. The van der Waals surface area contributed by atoms with E-state index in [2.05, 4.69) is 31.4 Å². The summed E-state index contributed by atoms with van der Waals surface area (Å²) in [6.45, 7) is 6.68. The van der Waals surface area contributed by atoms with Crippen LogP contribution in [0, 0.1) is 5.92 Å². The lowest BCUT2D eigenvalue weighted by molar-refractivity contribution is -0.916. The van der Waals surface area contributed by atoms with Gasteiger partial charge in [-0.1, -0.05) is 0 Å². The van der Waals surface area contributed by atoms with Gasteiger partial charge in [0.05, 0.1) is 26.7 Å².